The molecule has 0 aliphatic heterocycles. The smallest absolute Gasteiger partial charge is 0.316 e. The number of rotatable bonds is 6. The average molecular weight is 361 g/mol. The monoisotopic (exact) mass is 360 g/mol. The van der Waals surface area contributed by atoms with Gasteiger partial charge in [-0.05, 0) is 29.7 Å². The maximum absolute atomic E-state index is 11.9. The van der Waals surface area contributed by atoms with Gasteiger partial charge in [-0.1, -0.05) is 35.9 Å². The quantitative estimate of drug-likeness (QED) is 0.365. The van der Waals surface area contributed by atoms with E-state index in [1.54, 1.807) is 6.07 Å². The molecule has 4 nitrogen and oxygen atoms in total. The van der Waals surface area contributed by atoms with Crippen molar-refractivity contribution in [3.63, 3.8) is 0 Å². The van der Waals surface area contributed by atoms with E-state index in [0.29, 0.717) is 5.02 Å². The Balaban J connectivity index is 1.60. The van der Waals surface area contributed by atoms with E-state index in [4.69, 9.17) is 20.8 Å². The molecule has 0 unspecified atom stereocenters. The lowest BCUT2D eigenvalue weighted by molar-refractivity contribution is -0.139. The summed E-state index contributed by atoms with van der Waals surface area (Å²) in [5.41, 5.74) is 0. The molecule has 0 saturated carbocycles. The van der Waals surface area contributed by atoms with E-state index in [1.165, 1.54) is 24.1 Å². The molecule has 2 aromatic carbocycles. The number of hydrogen-bond donors (Lipinski definition) is 0. The second-order valence-electron chi connectivity index (χ2n) is 4.94. The molecule has 0 atom stereocenters. The van der Waals surface area contributed by atoms with Crippen LogP contribution < -0.4 is 0 Å². The Morgan fingerprint density at radius 1 is 1.08 bits per heavy atom. The number of benzene rings is 2. The fourth-order valence-corrected chi connectivity index (χ4v) is 3.46. The summed E-state index contributed by atoms with van der Waals surface area (Å²) < 4.78 is 9.95. The van der Waals surface area contributed by atoms with Crippen LogP contribution in [-0.4, -0.2) is 24.1 Å². The van der Waals surface area contributed by atoms with Crippen LogP contribution in [0.25, 0.3) is 10.8 Å². The highest BCUT2D eigenvalue weighted by Crippen LogP contribution is 2.33. The maximum Gasteiger partial charge on any atom is 0.316 e. The van der Waals surface area contributed by atoms with Crippen molar-refractivity contribution in [2.45, 2.75) is 4.90 Å². The Hall–Kier alpha value is -2.24. The molecular formula is C18H13ClO4S. The van der Waals surface area contributed by atoms with E-state index in [9.17, 15) is 9.59 Å². The van der Waals surface area contributed by atoms with Gasteiger partial charge < -0.3 is 9.15 Å². The number of Topliss-reactive ketones (excluding diaryl/α,β-unsaturated/α-hetero) is 1. The number of carbonyl (C=O) groups excluding carboxylic acids is 2. The van der Waals surface area contributed by atoms with Crippen molar-refractivity contribution < 1.29 is 18.7 Å². The summed E-state index contributed by atoms with van der Waals surface area (Å²) in [4.78, 5) is 24.5. The number of thioether (sulfide) groups is 1. The van der Waals surface area contributed by atoms with Gasteiger partial charge in [-0.15, -0.1) is 11.8 Å². The zero-order valence-corrected chi connectivity index (χ0v) is 14.1. The van der Waals surface area contributed by atoms with Gasteiger partial charge in [0.2, 0.25) is 5.78 Å². The van der Waals surface area contributed by atoms with Crippen LogP contribution in [0.5, 0.6) is 0 Å². The van der Waals surface area contributed by atoms with Gasteiger partial charge in [-0.25, -0.2) is 0 Å². The molecule has 3 rings (SSSR count). The van der Waals surface area contributed by atoms with Crippen LogP contribution in [0.15, 0.2) is 64.1 Å². The third kappa shape index (κ3) is 3.80. The predicted molar refractivity (Wildman–Crippen MR) is 93.7 cm³/mol. The van der Waals surface area contributed by atoms with Gasteiger partial charge in [-0.2, -0.15) is 0 Å². The van der Waals surface area contributed by atoms with Crippen molar-refractivity contribution in [2.75, 3.05) is 12.4 Å². The number of fused-ring (bicyclic) bond motifs is 1. The minimum absolute atomic E-state index is 0.0930. The number of hydrogen-bond acceptors (Lipinski definition) is 5. The van der Waals surface area contributed by atoms with Crippen molar-refractivity contribution in [2.24, 2.45) is 0 Å². The van der Waals surface area contributed by atoms with E-state index in [1.807, 2.05) is 36.4 Å². The molecule has 0 radical (unpaired) electrons. The topological polar surface area (TPSA) is 56.5 Å². The van der Waals surface area contributed by atoms with Crippen LogP contribution in [0, 0.1) is 0 Å². The minimum atomic E-state index is -0.469. The van der Waals surface area contributed by atoms with Crippen molar-refractivity contribution in [1.82, 2.24) is 0 Å². The molecule has 0 aliphatic rings. The summed E-state index contributed by atoms with van der Waals surface area (Å²) in [7, 11) is 0. The largest absolute Gasteiger partial charge is 0.461 e. The molecule has 1 heterocycles. The zero-order chi connectivity index (χ0) is 16.9. The lowest BCUT2D eigenvalue weighted by atomic mass is 10.1. The first kappa shape index (κ1) is 16.6. The van der Waals surface area contributed by atoms with E-state index in [-0.39, 0.29) is 23.9 Å². The second-order valence-corrected chi connectivity index (χ2v) is 6.37. The SMILES string of the molecule is O=C(CSc1cccc2cccc(Cl)c12)OCC(=O)c1ccco1. The highest BCUT2D eigenvalue weighted by molar-refractivity contribution is 8.00. The van der Waals surface area contributed by atoms with Crippen molar-refractivity contribution in [3.8, 4) is 0 Å². The fourth-order valence-electron chi connectivity index (χ4n) is 2.22. The summed E-state index contributed by atoms with van der Waals surface area (Å²) in [6.07, 6.45) is 1.40. The molecule has 0 saturated heterocycles. The number of esters is 1. The van der Waals surface area contributed by atoms with Crippen molar-refractivity contribution >= 4 is 45.9 Å². The van der Waals surface area contributed by atoms with Gasteiger partial charge in [0.15, 0.2) is 12.4 Å². The average Bonchev–Trinajstić information content (AvgIpc) is 3.12. The highest BCUT2D eigenvalue weighted by Gasteiger charge is 2.13. The Morgan fingerprint density at radius 3 is 2.62 bits per heavy atom. The molecule has 0 amide bonds. The van der Waals surface area contributed by atoms with E-state index < -0.39 is 5.97 Å². The summed E-state index contributed by atoms with van der Waals surface area (Å²) >= 11 is 7.58. The van der Waals surface area contributed by atoms with Crippen LogP contribution in [0.2, 0.25) is 5.02 Å². The molecule has 3 aromatic rings. The van der Waals surface area contributed by atoms with E-state index in [0.717, 1.165) is 15.7 Å². The van der Waals surface area contributed by atoms with Gasteiger partial charge in [0.1, 0.15) is 0 Å². The first-order chi connectivity index (χ1) is 11.6. The van der Waals surface area contributed by atoms with Crippen LogP contribution in [0.1, 0.15) is 10.6 Å². The fraction of sp³-hybridized carbons (Fsp3) is 0.111. The molecule has 122 valence electrons. The molecule has 0 bridgehead atoms. The molecule has 24 heavy (non-hydrogen) atoms. The van der Waals surface area contributed by atoms with Gasteiger partial charge in [0, 0.05) is 15.3 Å². The van der Waals surface area contributed by atoms with Crippen LogP contribution in [0.4, 0.5) is 0 Å². The number of carbonyl (C=O) groups is 2. The Morgan fingerprint density at radius 2 is 1.88 bits per heavy atom. The lowest BCUT2D eigenvalue weighted by Gasteiger charge is -2.08. The lowest BCUT2D eigenvalue weighted by Crippen LogP contribution is -2.15. The van der Waals surface area contributed by atoms with Crippen LogP contribution in [-0.2, 0) is 9.53 Å². The maximum atomic E-state index is 11.9. The molecule has 0 fully saturated rings. The summed E-state index contributed by atoms with van der Waals surface area (Å²) in [6.45, 7) is -0.330. The normalized spacial score (nSPS) is 10.7. The first-order valence-electron chi connectivity index (χ1n) is 7.17. The molecule has 0 spiro atoms. The van der Waals surface area contributed by atoms with Crippen LogP contribution >= 0.6 is 23.4 Å². The predicted octanol–water partition coefficient (Wildman–Crippen LogP) is 4.60. The minimum Gasteiger partial charge on any atom is -0.461 e. The zero-order valence-electron chi connectivity index (χ0n) is 12.5. The second kappa shape index (κ2) is 7.55. The number of ether oxygens (including phenoxy) is 1. The van der Waals surface area contributed by atoms with Gasteiger partial charge in [0.25, 0.3) is 0 Å². The van der Waals surface area contributed by atoms with Gasteiger partial charge >= 0.3 is 5.97 Å². The van der Waals surface area contributed by atoms with E-state index >= 15 is 0 Å². The first-order valence-corrected chi connectivity index (χ1v) is 8.54. The molecule has 1 aromatic heterocycles. The third-order valence-electron chi connectivity index (χ3n) is 3.32. The molecule has 0 aliphatic carbocycles. The number of furan rings is 1. The Bertz CT molecular complexity index is 869. The Kier molecular flexibility index (Phi) is 5.23. The van der Waals surface area contributed by atoms with Crippen LogP contribution in [0.3, 0.4) is 0 Å². The van der Waals surface area contributed by atoms with Gasteiger partial charge in [-0.3, -0.25) is 9.59 Å². The summed E-state index contributed by atoms with van der Waals surface area (Å²) in [6, 6.07) is 14.6. The summed E-state index contributed by atoms with van der Waals surface area (Å²) in [5, 5.41) is 2.55. The standard InChI is InChI=1S/C18H13ClO4S/c19-13-6-1-4-12-5-2-8-16(18(12)13)24-11-17(21)23-10-14(20)15-7-3-9-22-15/h1-9H,10-11H2. The highest BCUT2D eigenvalue weighted by atomic mass is 35.5. The Labute approximate surface area is 147 Å². The van der Waals surface area contributed by atoms with Gasteiger partial charge in [0.05, 0.1) is 12.0 Å². The molecule has 6 heteroatoms. The van der Waals surface area contributed by atoms with E-state index in [2.05, 4.69) is 0 Å². The molecule has 0 N–H and O–H groups in total. The van der Waals surface area contributed by atoms with Crippen molar-refractivity contribution in [1.29, 1.82) is 0 Å². The van der Waals surface area contributed by atoms with Crippen molar-refractivity contribution in [3.05, 3.63) is 65.6 Å². The molecular weight excluding hydrogens is 348 g/mol. The summed E-state index contributed by atoms with van der Waals surface area (Å²) in [5.74, 6) is -0.567. The third-order valence-corrected chi connectivity index (χ3v) is 4.67. The number of halogens is 1. The number of ketones is 1.